The molecular formula is C33H47N3O8. The van der Waals surface area contributed by atoms with E-state index in [0.29, 0.717) is 41.5 Å². The zero-order valence-electron chi connectivity index (χ0n) is 27.4. The largest absolute Gasteiger partial charge is 0.495 e. The zero-order chi connectivity index (χ0) is 32.8. The van der Waals surface area contributed by atoms with Gasteiger partial charge in [-0.25, -0.2) is 4.79 Å². The highest BCUT2D eigenvalue weighted by molar-refractivity contribution is 5.98. The van der Waals surface area contributed by atoms with E-state index in [9.17, 15) is 14.8 Å². The Kier molecular flexibility index (Phi) is 11.2. The monoisotopic (exact) mass is 613 g/mol. The van der Waals surface area contributed by atoms with Crippen molar-refractivity contribution < 1.29 is 38.5 Å². The number of carbonyl (C=O) groups is 2. The number of benzene rings is 2. The van der Waals surface area contributed by atoms with Gasteiger partial charge < -0.3 is 39.5 Å². The van der Waals surface area contributed by atoms with E-state index >= 15 is 0 Å². The molecule has 1 fully saturated rings. The van der Waals surface area contributed by atoms with Crippen LogP contribution in [0.1, 0.15) is 65.5 Å². The van der Waals surface area contributed by atoms with E-state index in [-0.39, 0.29) is 5.92 Å². The number of hydrogen-bond donors (Lipinski definition) is 3. The highest BCUT2D eigenvalue weighted by Gasteiger charge is 2.46. The van der Waals surface area contributed by atoms with Crippen molar-refractivity contribution in [1.29, 1.82) is 0 Å². The molecule has 2 aromatic rings. The molecule has 44 heavy (non-hydrogen) atoms. The molecule has 1 saturated heterocycles. The normalized spacial score (nSPS) is 17.2. The molecule has 1 heterocycles. The van der Waals surface area contributed by atoms with Crippen molar-refractivity contribution in [3.05, 3.63) is 41.5 Å². The fourth-order valence-electron chi connectivity index (χ4n) is 5.64. The molecule has 0 aliphatic carbocycles. The number of ether oxygens (including phenoxy) is 5. The van der Waals surface area contributed by atoms with E-state index in [4.69, 9.17) is 23.7 Å². The van der Waals surface area contributed by atoms with Gasteiger partial charge in [0.25, 0.3) is 0 Å². The molecule has 3 rings (SSSR count). The number of amides is 2. The molecule has 0 bridgehead atoms. The second-order valence-corrected chi connectivity index (χ2v) is 12.5. The van der Waals surface area contributed by atoms with Crippen molar-refractivity contribution >= 4 is 29.8 Å². The van der Waals surface area contributed by atoms with E-state index in [0.717, 1.165) is 11.1 Å². The van der Waals surface area contributed by atoms with E-state index in [2.05, 4.69) is 10.6 Å². The summed E-state index contributed by atoms with van der Waals surface area (Å²) in [5, 5.41) is 17.5. The molecule has 11 nitrogen and oxygen atoms in total. The topological polar surface area (TPSA) is 128 Å². The molecule has 1 aliphatic rings. The Morgan fingerprint density at radius 1 is 0.864 bits per heavy atom. The molecule has 0 aromatic heterocycles. The quantitative estimate of drug-likeness (QED) is 0.262. The second kappa shape index (κ2) is 14.2. The molecule has 2 aromatic carbocycles. The lowest BCUT2D eigenvalue weighted by Crippen LogP contribution is -2.61. The maximum Gasteiger partial charge on any atom is 0.408 e. The van der Waals surface area contributed by atoms with Crippen LogP contribution in [0.5, 0.6) is 23.0 Å². The fourth-order valence-corrected chi connectivity index (χ4v) is 5.64. The summed E-state index contributed by atoms with van der Waals surface area (Å²) in [5.74, 6) is 1.39. The number of alkyl carbamates (subject to hydrolysis) is 1. The van der Waals surface area contributed by atoms with E-state index < -0.39 is 35.2 Å². The Bertz CT molecular complexity index is 1310. The zero-order valence-corrected chi connectivity index (χ0v) is 27.4. The smallest absolute Gasteiger partial charge is 0.408 e. The molecule has 11 heteroatoms. The third-order valence-corrected chi connectivity index (χ3v) is 7.73. The molecule has 1 atom stereocenters. The first kappa shape index (κ1) is 34.5. The molecule has 1 aliphatic heterocycles. The summed E-state index contributed by atoms with van der Waals surface area (Å²) in [4.78, 5) is 26.4. The molecule has 2 amide bonds. The summed E-state index contributed by atoms with van der Waals surface area (Å²) >= 11 is 0. The summed E-state index contributed by atoms with van der Waals surface area (Å²) in [6.45, 7) is 11.3. The van der Waals surface area contributed by atoms with Crippen LogP contribution in [0.15, 0.2) is 30.3 Å². The van der Waals surface area contributed by atoms with Gasteiger partial charge in [0.15, 0.2) is 11.5 Å². The molecular weight excluding hydrogens is 566 g/mol. The Hall–Kier alpha value is -3.96. The van der Waals surface area contributed by atoms with Gasteiger partial charge in [0.2, 0.25) is 11.7 Å². The van der Waals surface area contributed by atoms with Gasteiger partial charge in [0.05, 0.1) is 34.1 Å². The van der Waals surface area contributed by atoms with Gasteiger partial charge in [-0.2, -0.15) is 5.06 Å². The SMILES string of the molecule is COc1ccc(/C=C\c2cc(OC)c(OC)c(OC)c2)cc1NC(=O)[C@@H](NC(=O)OC1CC(C)(C)N(O)C(C)(C)C1)C(C)C. The maximum absolute atomic E-state index is 13.5. The second-order valence-electron chi connectivity index (χ2n) is 12.5. The molecule has 0 unspecified atom stereocenters. The van der Waals surface area contributed by atoms with Crippen molar-refractivity contribution in [2.24, 2.45) is 5.92 Å². The van der Waals surface area contributed by atoms with Crippen LogP contribution >= 0.6 is 0 Å². The predicted molar refractivity (Wildman–Crippen MR) is 170 cm³/mol. The van der Waals surface area contributed by atoms with E-state index in [1.54, 1.807) is 33.5 Å². The van der Waals surface area contributed by atoms with Crippen LogP contribution in [0.3, 0.4) is 0 Å². The number of nitrogens with one attached hydrogen (secondary N) is 2. The summed E-state index contributed by atoms with van der Waals surface area (Å²) in [7, 11) is 6.19. The minimum atomic E-state index is -0.871. The average molecular weight is 614 g/mol. The first-order chi connectivity index (χ1) is 20.6. The first-order valence-electron chi connectivity index (χ1n) is 14.6. The van der Waals surface area contributed by atoms with Crippen molar-refractivity contribution in [3.8, 4) is 23.0 Å². The Morgan fingerprint density at radius 3 is 1.91 bits per heavy atom. The van der Waals surface area contributed by atoms with Gasteiger partial charge >= 0.3 is 6.09 Å². The average Bonchev–Trinajstić information content (AvgIpc) is 2.96. The third-order valence-electron chi connectivity index (χ3n) is 7.73. The van der Waals surface area contributed by atoms with Crippen molar-refractivity contribution in [1.82, 2.24) is 10.4 Å². The Morgan fingerprint density at radius 2 is 1.41 bits per heavy atom. The summed E-state index contributed by atoms with van der Waals surface area (Å²) in [6, 6.07) is 8.19. The van der Waals surface area contributed by atoms with Crippen LogP contribution in [-0.2, 0) is 9.53 Å². The third kappa shape index (κ3) is 8.15. The van der Waals surface area contributed by atoms with Gasteiger partial charge in [-0.05, 0) is 69.0 Å². The van der Waals surface area contributed by atoms with Gasteiger partial charge in [0, 0.05) is 23.9 Å². The number of methoxy groups -OCH3 is 4. The van der Waals surface area contributed by atoms with Crippen LogP contribution in [0, 0.1) is 5.92 Å². The van der Waals surface area contributed by atoms with E-state index in [1.807, 2.05) is 71.9 Å². The number of nitrogens with zero attached hydrogens (tertiary/aromatic N) is 1. The lowest BCUT2D eigenvalue weighted by atomic mass is 9.80. The fraction of sp³-hybridized carbons (Fsp3) is 0.515. The Labute approximate surface area is 260 Å². The number of hydroxylamine groups is 2. The molecule has 3 N–H and O–H groups in total. The molecule has 0 radical (unpaired) electrons. The molecule has 0 spiro atoms. The first-order valence-corrected chi connectivity index (χ1v) is 14.6. The van der Waals surface area contributed by atoms with E-state index in [1.165, 1.54) is 12.2 Å². The standard InChI is InChI=1S/C33H47N3O8/c1-20(2)28(35-31(38)44-23-18-32(3,4)36(39)33(5,6)19-23)30(37)34-24-15-21(13-14-25(24)40-7)11-12-22-16-26(41-8)29(43-10)27(17-22)42-9/h11-17,20,23,28,39H,18-19H2,1-10H3,(H,34,37)(H,35,38)/b12-11-/t28-/m0/s1. The number of rotatable bonds is 11. The minimum Gasteiger partial charge on any atom is -0.495 e. The van der Waals surface area contributed by atoms with Crippen LogP contribution < -0.4 is 29.6 Å². The number of piperidine rings is 1. The van der Waals surface area contributed by atoms with Gasteiger partial charge in [-0.15, -0.1) is 0 Å². The summed E-state index contributed by atoms with van der Waals surface area (Å²) in [6.07, 6.45) is 3.56. The maximum atomic E-state index is 13.5. The lowest BCUT2D eigenvalue weighted by molar-refractivity contribution is -0.256. The van der Waals surface area contributed by atoms with Crippen LogP contribution in [0.4, 0.5) is 10.5 Å². The summed E-state index contributed by atoms with van der Waals surface area (Å²) in [5.41, 5.74) is 0.902. The number of hydrogen-bond acceptors (Lipinski definition) is 9. The molecule has 242 valence electrons. The van der Waals surface area contributed by atoms with Gasteiger partial charge in [-0.3, -0.25) is 4.79 Å². The molecule has 0 saturated carbocycles. The lowest BCUT2D eigenvalue weighted by Gasteiger charge is -2.50. The van der Waals surface area contributed by atoms with Crippen molar-refractivity contribution in [2.75, 3.05) is 33.8 Å². The summed E-state index contributed by atoms with van der Waals surface area (Å²) < 4.78 is 27.5. The predicted octanol–water partition coefficient (Wildman–Crippen LogP) is 5.99. The minimum absolute atomic E-state index is 0.233. The van der Waals surface area contributed by atoms with Crippen LogP contribution in [-0.4, -0.2) is 73.9 Å². The Balaban J connectivity index is 1.76. The van der Waals surface area contributed by atoms with Gasteiger partial charge in [-0.1, -0.05) is 32.1 Å². The van der Waals surface area contributed by atoms with Crippen LogP contribution in [0.2, 0.25) is 0 Å². The number of anilines is 1. The van der Waals surface area contributed by atoms with Crippen molar-refractivity contribution in [2.45, 2.75) is 77.6 Å². The van der Waals surface area contributed by atoms with Crippen molar-refractivity contribution in [3.63, 3.8) is 0 Å². The number of carbonyl (C=O) groups excluding carboxylic acids is 2. The van der Waals surface area contributed by atoms with Crippen LogP contribution in [0.25, 0.3) is 12.2 Å². The highest BCUT2D eigenvalue weighted by Crippen LogP contribution is 2.39. The highest BCUT2D eigenvalue weighted by atomic mass is 16.6. The van der Waals surface area contributed by atoms with Gasteiger partial charge in [0.1, 0.15) is 17.9 Å².